The van der Waals surface area contributed by atoms with Gasteiger partial charge in [0.1, 0.15) is 11.5 Å². The van der Waals surface area contributed by atoms with Crippen LogP contribution < -0.4 is 19.5 Å². The van der Waals surface area contributed by atoms with E-state index in [2.05, 4.69) is 10.4 Å². The van der Waals surface area contributed by atoms with Crippen molar-refractivity contribution < 1.29 is 18.4 Å². The second-order valence-electron chi connectivity index (χ2n) is 5.34. The van der Waals surface area contributed by atoms with Gasteiger partial charge < -0.3 is 14.4 Å². The molecule has 0 aliphatic heterocycles. The van der Waals surface area contributed by atoms with Crippen LogP contribution in [0, 0.1) is 0 Å². The molecular formula is C18H23N2O4PS2. The van der Waals surface area contributed by atoms with Crippen LogP contribution in [0.1, 0.15) is 6.92 Å². The highest BCUT2D eigenvalue weighted by atomic mass is 33.1. The highest BCUT2D eigenvalue weighted by Gasteiger charge is 2.27. The number of para-hydroxylation sites is 2. The van der Waals surface area contributed by atoms with Crippen LogP contribution in [0.3, 0.4) is 0 Å². The Labute approximate surface area is 167 Å². The van der Waals surface area contributed by atoms with Gasteiger partial charge in [-0.3, -0.25) is 4.79 Å². The lowest BCUT2D eigenvalue weighted by molar-refractivity contribution is -0.118. The molecule has 2 N–H and O–H groups in total. The summed E-state index contributed by atoms with van der Waals surface area (Å²) in [7, 11) is -0.294. The van der Waals surface area contributed by atoms with E-state index in [1.165, 1.54) is 6.92 Å². The fraction of sp³-hybridized carbons (Fsp3) is 0.278. The molecule has 0 atom stereocenters. The zero-order chi connectivity index (χ0) is 19.4. The minimum absolute atomic E-state index is 0.0284. The molecule has 0 heterocycles. The third-order valence-corrected chi connectivity index (χ3v) is 6.99. The van der Waals surface area contributed by atoms with Gasteiger partial charge >= 0.3 is 7.75 Å². The molecule has 0 aliphatic rings. The Hall–Kier alpha value is -1.60. The van der Waals surface area contributed by atoms with Crippen molar-refractivity contribution in [2.75, 3.05) is 24.6 Å². The summed E-state index contributed by atoms with van der Waals surface area (Å²) >= 11 is 0. The molecular weight excluding hydrogens is 403 g/mol. The van der Waals surface area contributed by atoms with E-state index in [-0.39, 0.29) is 5.91 Å². The van der Waals surface area contributed by atoms with Crippen molar-refractivity contribution in [2.45, 2.75) is 6.92 Å². The first-order valence-electron chi connectivity index (χ1n) is 8.41. The summed E-state index contributed by atoms with van der Waals surface area (Å²) in [6, 6.07) is 17.9. The topological polar surface area (TPSA) is 76.7 Å². The molecule has 0 spiro atoms. The Kier molecular flexibility index (Phi) is 9.62. The molecule has 0 bridgehead atoms. The van der Waals surface area contributed by atoms with Crippen LogP contribution in [0.5, 0.6) is 11.5 Å². The van der Waals surface area contributed by atoms with Gasteiger partial charge in [-0.05, 0) is 24.3 Å². The van der Waals surface area contributed by atoms with E-state index in [0.29, 0.717) is 30.3 Å². The summed E-state index contributed by atoms with van der Waals surface area (Å²) in [6.45, 7) is 2.58. The normalized spacial score (nSPS) is 11.0. The molecule has 9 heteroatoms. The second-order valence-corrected chi connectivity index (χ2v) is 9.72. The van der Waals surface area contributed by atoms with E-state index in [0.717, 1.165) is 5.75 Å². The summed E-state index contributed by atoms with van der Waals surface area (Å²) < 4.78 is 24.4. The van der Waals surface area contributed by atoms with Crippen molar-refractivity contribution in [1.82, 2.24) is 10.4 Å². The molecule has 0 saturated heterocycles. The largest absolute Gasteiger partial charge is 0.512 e. The van der Waals surface area contributed by atoms with Crippen LogP contribution in [0.25, 0.3) is 0 Å². The van der Waals surface area contributed by atoms with Gasteiger partial charge in [0.25, 0.3) is 0 Å². The SMILES string of the molecule is CC(=O)NCCSSCCNP(=O)(Oc1ccccc1)Oc1ccccc1. The maximum absolute atomic E-state index is 13.1. The Morgan fingerprint density at radius 3 is 1.85 bits per heavy atom. The van der Waals surface area contributed by atoms with Gasteiger partial charge in [-0.25, -0.2) is 9.65 Å². The average Bonchev–Trinajstić information content (AvgIpc) is 2.65. The summed E-state index contributed by atoms with van der Waals surface area (Å²) in [5.74, 6) is 2.44. The highest BCUT2D eigenvalue weighted by Crippen LogP contribution is 2.44. The quantitative estimate of drug-likeness (QED) is 0.297. The first-order valence-corrected chi connectivity index (χ1v) is 12.4. The monoisotopic (exact) mass is 426 g/mol. The van der Waals surface area contributed by atoms with Crippen LogP contribution in [0.4, 0.5) is 0 Å². The number of nitrogens with one attached hydrogen (secondary N) is 2. The van der Waals surface area contributed by atoms with E-state index in [4.69, 9.17) is 9.05 Å². The summed E-state index contributed by atoms with van der Waals surface area (Å²) in [5, 5.41) is 5.65. The van der Waals surface area contributed by atoms with Crippen LogP contribution in [-0.4, -0.2) is 30.5 Å². The van der Waals surface area contributed by atoms with Gasteiger partial charge in [-0.15, -0.1) is 0 Å². The molecule has 2 aromatic carbocycles. The van der Waals surface area contributed by atoms with Crippen molar-refractivity contribution in [3.63, 3.8) is 0 Å². The summed E-state index contributed by atoms with van der Waals surface area (Å²) in [5.41, 5.74) is 0. The molecule has 27 heavy (non-hydrogen) atoms. The Morgan fingerprint density at radius 2 is 1.37 bits per heavy atom. The van der Waals surface area contributed by atoms with Crippen LogP contribution in [-0.2, 0) is 9.36 Å². The number of rotatable bonds is 12. The van der Waals surface area contributed by atoms with Gasteiger partial charge in [0, 0.05) is 31.5 Å². The number of carbonyl (C=O) groups excluding carboxylic acids is 1. The lowest BCUT2D eigenvalue weighted by atomic mass is 10.3. The number of hydrogen-bond acceptors (Lipinski definition) is 6. The Morgan fingerprint density at radius 1 is 0.889 bits per heavy atom. The second kappa shape index (κ2) is 12.0. The Bertz CT molecular complexity index is 689. The maximum Gasteiger partial charge on any atom is 0.512 e. The van der Waals surface area contributed by atoms with Crippen molar-refractivity contribution >= 4 is 35.2 Å². The van der Waals surface area contributed by atoms with E-state index in [9.17, 15) is 9.36 Å². The predicted molar refractivity (Wildman–Crippen MR) is 113 cm³/mol. The van der Waals surface area contributed by atoms with Gasteiger partial charge in [0.15, 0.2) is 0 Å². The maximum atomic E-state index is 13.1. The van der Waals surface area contributed by atoms with Crippen molar-refractivity contribution in [3.05, 3.63) is 60.7 Å². The number of amides is 1. The summed E-state index contributed by atoms with van der Waals surface area (Å²) in [4.78, 5) is 10.8. The number of carbonyl (C=O) groups is 1. The fourth-order valence-corrected chi connectivity index (χ4v) is 5.25. The van der Waals surface area contributed by atoms with Crippen LogP contribution in [0.2, 0.25) is 0 Å². The molecule has 0 unspecified atom stereocenters. The molecule has 0 fully saturated rings. The molecule has 0 radical (unpaired) electrons. The molecule has 0 saturated carbocycles. The first kappa shape index (κ1) is 21.7. The summed E-state index contributed by atoms with van der Waals surface area (Å²) in [6.07, 6.45) is 0. The van der Waals surface area contributed by atoms with Gasteiger partial charge in [-0.1, -0.05) is 58.0 Å². The minimum Gasteiger partial charge on any atom is -0.405 e. The molecule has 2 rings (SSSR count). The van der Waals surface area contributed by atoms with E-state index >= 15 is 0 Å². The van der Waals surface area contributed by atoms with Crippen LogP contribution in [0.15, 0.2) is 60.7 Å². The first-order chi connectivity index (χ1) is 13.1. The smallest absolute Gasteiger partial charge is 0.405 e. The van der Waals surface area contributed by atoms with Gasteiger partial charge in [0.05, 0.1) is 0 Å². The minimum atomic E-state index is -3.57. The molecule has 6 nitrogen and oxygen atoms in total. The molecule has 1 amide bonds. The van der Waals surface area contributed by atoms with Crippen LogP contribution >= 0.6 is 29.3 Å². The zero-order valence-electron chi connectivity index (χ0n) is 15.0. The third kappa shape index (κ3) is 9.24. The number of benzene rings is 2. The van der Waals surface area contributed by atoms with E-state index < -0.39 is 7.75 Å². The lowest BCUT2D eigenvalue weighted by Gasteiger charge is -2.20. The van der Waals surface area contributed by atoms with Crippen molar-refractivity contribution in [3.8, 4) is 11.5 Å². The standard InChI is InChI=1S/C18H23N2O4PS2/c1-16(21)19-12-14-26-27-15-13-20-25(22,23-17-8-4-2-5-9-17)24-18-10-6-3-7-11-18/h2-11H,12-15H2,1H3,(H,19,21)(H,20,22). The Balaban J connectivity index is 1.83. The van der Waals surface area contributed by atoms with Crippen molar-refractivity contribution in [1.29, 1.82) is 0 Å². The third-order valence-electron chi connectivity index (χ3n) is 3.07. The molecule has 0 aromatic heterocycles. The fourth-order valence-electron chi connectivity index (χ4n) is 1.93. The van der Waals surface area contributed by atoms with E-state index in [1.54, 1.807) is 45.9 Å². The zero-order valence-corrected chi connectivity index (χ0v) is 17.5. The average molecular weight is 427 g/mol. The number of hydrogen-bond donors (Lipinski definition) is 2. The lowest BCUT2D eigenvalue weighted by Crippen LogP contribution is -2.22. The van der Waals surface area contributed by atoms with E-state index in [1.807, 2.05) is 36.4 Å². The highest BCUT2D eigenvalue weighted by molar-refractivity contribution is 8.76. The van der Waals surface area contributed by atoms with Gasteiger partial charge in [0.2, 0.25) is 5.91 Å². The molecule has 2 aromatic rings. The molecule has 146 valence electrons. The van der Waals surface area contributed by atoms with Crippen molar-refractivity contribution in [2.24, 2.45) is 0 Å². The molecule has 0 aliphatic carbocycles. The van der Waals surface area contributed by atoms with Gasteiger partial charge in [-0.2, -0.15) is 0 Å². The predicted octanol–water partition coefficient (Wildman–Crippen LogP) is 4.36.